The average molecular weight is 327 g/mol. The summed E-state index contributed by atoms with van der Waals surface area (Å²) in [4.78, 5) is 25.9. The monoisotopic (exact) mass is 327 g/mol. The van der Waals surface area contributed by atoms with Crippen molar-refractivity contribution in [3.8, 4) is 0 Å². The number of hydrogen-bond donors (Lipinski definition) is 0. The molecule has 0 aromatic heterocycles. The van der Waals surface area contributed by atoms with Crippen molar-refractivity contribution < 1.29 is 18.7 Å². The van der Waals surface area contributed by atoms with E-state index in [0.29, 0.717) is 18.5 Å². The van der Waals surface area contributed by atoms with Crippen molar-refractivity contribution in [2.45, 2.75) is 18.6 Å². The fourth-order valence-corrected chi connectivity index (χ4v) is 2.96. The van der Waals surface area contributed by atoms with Gasteiger partial charge in [0.1, 0.15) is 0 Å². The second-order valence-corrected chi connectivity index (χ2v) is 5.82. The number of para-hydroxylation sites is 1. The summed E-state index contributed by atoms with van der Waals surface area (Å²) in [5.74, 6) is -2.14. The van der Waals surface area contributed by atoms with Gasteiger partial charge in [-0.05, 0) is 37.1 Å². The fraction of sp³-hybridized carbons (Fsp3) is 0.263. The zero-order chi connectivity index (χ0) is 17.2. The van der Waals surface area contributed by atoms with Crippen LogP contribution in [-0.4, -0.2) is 24.0 Å². The molecule has 0 saturated carbocycles. The molecule has 1 fully saturated rings. The number of ether oxygens (including phenoxy) is 1. The Morgan fingerprint density at radius 2 is 2.08 bits per heavy atom. The van der Waals surface area contributed by atoms with Gasteiger partial charge >= 0.3 is 0 Å². The van der Waals surface area contributed by atoms with Gasteiger partial charge in [-0.2, -0.15) is 0 Å². The van der Waals surface area contributed by atoms with E-state index in [9.17, 15) is 14.0 Å². The molecule has 1 heterocycles. The maximum Gasteiger partial charge on any atom is 0.235 e. The van der Waals surface area contributed by atoms with Crippen LogP contribution in [0.2, 0.25) is 0 Å². The number of benzene rings is 1. The number of halogens is 1. The maximum atomic E-state index is 14.0. The molecule has 1 aromatic rings. The van der Waals surface area contributed by atoms with E-state index in [0.717, 1.165) is 12.2 Å². The summed E-state index contributed by atoms with van der Waals surface area (Å²) in [6.07, 6.45) is 6.67. The topological polar surface area (TPSA) is 46.6 Å². The van der Waals surface area contributed by atoms with Crippen molar-refractivity contribution in [3.63, 3.8) is 0 Å². The third-order valence-corrected chi connectivity index (χ3v) is 4.21. The second-order valence-electron chi connectivity index (χ2n) is 5.82. The minimum atomic E-state index is -1.40. The number of hydrogen-bond acceptors (Lipinski definition) is 3. The van der Waals surface area contributed by atoms with E-state index >= 15 is 0 Å². The number of carbonyl (C=O) groups excluding carboxylic acids is 2. The van der Waals surface area contributed by atoms with Crippen molar-refractivity contribution >= 4 is 17.4 Å². The zero-order valence-corrected chi connectivity index (χ0v) is 13.2. The molecule has 4 nitrogen and oxygen atoms in total. The van der Waals surface area contributed by atoms with Gasteiger partial charge in [0.25, 0.3) is 0 Å². The van der Waals surface area contributed by atoms with E-state index in [-0.39, 0.29) is 18.4 Å². The highest BCUT2D eigenvalue weighted by atomic mass is 19.1. The SMILES string of the molecule is C=CCCC1COC2(C=CC(=O)C(F)=C2)N(c2ccccc2)C1=O. The van der Waals surface area contributed by atoms with Gasteiger partial charge < -0.3 is 4.74 Å². The summed E-state index contributed by atoms with van der Waals surface area (Å²) in [7, 11) is 0. The summed E-state index contributed by atoms with van der Waals surface area (Å²) in [6, 6.07) is 8.93. The van der Waals surface area contributed by atoms with Crippen molar-refractivity contribution in [1.82, 2.24) is 0 Å². The lowest BCUT2D eigenvalue weighted by Gasteiger charge is -2.46. The van der Waals surface area contributed by atoms with Crippen LogP contribution in [0.15, 0.2) is 67.0 Å². The van der Waals surface area contributed by atoms with E-state index in [1.165, 1.54) is 11.0 Å². The number of nitrogens with zero attached hydrogens (tertiary/aromatic N) is 1. The predicted octanol–water partition coefficient (Wildman–Crippen LogP) is 3.32. The van der Waals surface area contributed by atoms with Crippen molar-refractivity contribution in [2.75, 3.05) is 11.5 Å². The Labute approximate surface area is 139 Å². The Morgan fingerprint density at radius 3 is 2.75 bits per heavy atom. The molecule has 1 aliphatic heterocycles. The van der Waals surface area contributed by atoms with Crippen LogP contribution < -0.4 is 4.90 Å². The zero-order valence-electron chi connectivity index (χ0n) is 13.2. The quantitative estimate of drug-likeness (QED) is 0.797. The minimum absolute atomic E-state index is 0.155. The molecule has 5 heteroatoms. The number of carbonyl (C=O) groups is 2. The lowest BCUT2D eigenvalue weighted by molar-refractivity contribution is -0.138. The molecule has 1 aromatic carbocycles. The van der Waals surface area contributed by atoms with Crippen LogP contribution in [0.3, 0.4) is 0 Å². The second kappa shape index (κ2) is 6.53. The van der Waals surface area contributed by atoms with Crippen molar-refractivity contribution in [3.05, 3.63) is 67.0 Å². The van der Waals surface area contributed by atoms with Gasteiger partial charge in [-0.15, -0.1) is 6.58 Å². The molecule has 1 amide bonds. The first-order valence-electron chi connectivity index (χ1n) is 7.83. The number of amides is 1. The van der Waals surface area contributed by atoms with Crippen LogP contribution in [0.25, 0.3) is 0 Å². The molecule has 2 atom stereocenters. The largest absolute Gasteiger partial charge is 0.347 e. The third-order valence-electron chi connectivity index (χ3n) is 4.21. The Bertz CT molecular complexity index is 725. The van der Waals surface area contributed by atoms with Crippen LogP contribution in [0, 0.1) is 5.92 Å². The molecule has 0 N–H and O–H groups in total. The summed E-state index contributed by atoms with van der Waals surface area (Å²) in [6.45, 7) is 3.84. The molecule has 3 rings (SSSR count). The van der Waals surface area contributed by atoms with Gasteiger partial charge in [0.2, 0.25) is 11.7 Å². The first-order chi connectivity index (χ1) is 11.6. The molecule has 2 unspecified atom stereocenters. The highest BCUT2D eigenvalue weighted by Gasteiger charge is 2.47. The van der Waals surface area contributed by atoms with E-state index in [1.54, 1.807) is 30.3 Å². The van der Waals surface area contributed by atoms with Gasteiger partial charge in [-0.3, -0.25) is 14.5 Å². The van der Waals surface area contributed by atoms with Crippen LogP contribution in [0.1, 0.15) is 12.8 Å². The van der Waals surface area contributed by atoms with Gasteiger partial charge in [-0.1, -0.05) is 24.3 Å². The van der Waals surface area contributed by atoms with Crippen LogP contribution in [0.4, 0.5) is 10.1 Å². The van der Waals surface area contributed by atoms with Crippen molar-refractivity contribution in [2.24, 2.45) is 5.92 Å². The summed E-state index contributed by atoms with van der Waals surface area (Å²) in [5, 5.41) is 0. The minimum Gasteiger partial charge on any atom is -0.347 e. The number of anilines is 1. The molecule has 124 valence electrons. The Hall–Kier alpha value is -2.53. The molecule has 0 radical (unpaired) electrons. The van der Waals surface area contributed by atoms with Gasteiger partial charge in [0.05, 0.1) is 12.5 Å². The molecule has 1 aliphatic carbocycles. The molecule has 0 bridgehead atoms. The highest BCUT2D eigenvalue weighted by molar-refractivity contribution is 6.05. The first kappa shape index (κ1) is 16.3. The number of allylic oxidation sites excluding steroid dienone is 3. The lowest BCUT2D eigenvalue weighted by atomic mass is 9.94. The smallest absolute Gasteiger partial charge is 0.235 e. The van der Waals surface area contributed by atoms with Crippen LogP contribution in [0.5, 0.6) is 0 Å². The Kier molecular flexibility index (Phi) is 4.44. The Morgan fingerprint density at radius 1 is 1.33 bits per heavy atom. The van der Waals surface area contributed by atoms with E-state index in [4.69, 9.17) is 4.74 Å². The predicted molar refractivity (Wildman–Crippen MR) is 88.9 cm³/mol. The number of rotatable bonds is 4. The fourth-order valence-electron chi connectivity index (χ4n) is 2.96. The van der Waals surface area contributed by atoms with Gasteiger partial charge in [0, 0.05) is 11.8 Å². The molecular weight excluding hydrogens is 309 g/mol. The van der Waals surface area contributed by atoms with E-state index in [1.807, 2.05) is 6.07 Å². The molecule has 1 saturated heterocycles. The standard InChI is InChI=1S/C19H18FNO3/c1-2-3-7-14-13-24-19(11-10-17(22)16(20)12-19)21(18(14)23)15-8-5-4-6-9-15/h2,4-6,8-12,14H,1,3,7,13H2. The summed E-state index contributed by atoms with van der Waals surface area (Å²) >= 11 is 0. The first-order valence-corrected chi connectivity index (χ1v) is 7.83. The average Bonchev–Trinajstić information content (AvgIpc) is 2.59. The molecular formula is C19H18FNO3. The molecule has 1 spiro atoms. The normalized spacial score (nSPS) is 26.6. The van der Waals surface area contributed by atoms with Crippen LogP contribution >= 0.6 is 0 Å². The maximum absolute atomic E-state index is 14.0. The Balaban J connectivity index is 2.03. The molecule has 2 aliphatic rings. The summed E-state index contributed by atoms with van der Waals surface area (Å²) in [5.41, 5.74) is -0.810. The van der Waals surface area contributed by atoms with Gasteiger partial charge in [0.15, 0.2) is 11.6 Å². The van der Waals surface area contributed by atoms with Crippen LogP contribution in [-0.2, 0) is 14.3 Å². The van der Waals surface area contributed by atoms with E-state index < -0.39 is 17.3 Å². The van der Waals surface area contributed by atoms with E-state index in [2.05, 4.69) is 6.58 Å². The third kappa shape index (κ3) is 2.83. The molecule has 24 heavy (non-hydrogen) atoms. The summed E-state index contributed by atoms with van der Waals surface area (Å²) < 4.78 is 19.8. The lowest BCUT2D eigenvalue weighted by Crippen LogP contribution is -2.59. The number of ketones is 1. The highest BCUT2D eigenvalue weighted by Crippen LogP contribution is 2.37. The van der Waals surface area contributed by atoms with Gasteiger partial charge in [-0.25, -0.2) is 4.39 Å². The van der Waals surface area contributed by atoms with Crippen molar-refractivity contribution in [1.29, 1.82) is 0 Å².